The molecule has 2 aromatic carbocycles. The van der Waals surface area contributed by atoms with E-state index in [1.165, 1.54) is 4.31 Å². The molecular weight excluding hydrogens is 388 g/mol. The van der Waals surface area contributed by atoms with Crippen molar-refractivity contribution in [1.82, 2.24) is 9.29 Å². The molecule has 3 aromatic rings. The van der Waals surface area contributed by atoms with E-state index in [0.29, 0.717) is 12.2 Å². The summed E-state index contributed by atoms with van der Waals surface area (Å²) in [6, 6.07) is 15.9. The molecule has 1 aliphatic heterocycles. The Morgan fingerprint density at radius 2 is 1.93 bits per heavy atom. The normalized spacial score (nSPS) is 17.2. The number of hydrogen-bond donors (Lipinski definition) is 1. The number of nitrogens with zero attached hydrogens (tertiary/aromatic N) is 1. The molecule has 2 heterocycles. The minimum absolute atomic E-state index is 0.00367. The maximum Gasteiger partial charge on any atom is 0.252 e. The minimum Gasteiger partial charge on any atom is -0.377 e. The zero-order chi connectivity index (χ0) is 20.4. The summed E-state index contributed by atoms with van der Waals surface area (Å²) >= 11 is 0. The molecule has 7 heteroatoms. The van der Waals surface area contributed by atoms with Crippen molar-refractivity contribution < 1.29 is 13.2 Å². The number of H-pyrrole nitrogens is 1. The van der Waals surface area contributed by atoms with Gasteiger partial charge in [0.1, 0.15) is 0 Å². The molecule has 1 N–H and O–H groups in total. The Hall–Kier alpha value is -2.48. The van der Waals surface area contributed by atoms with E-state index in [2.05, 4.69) is 4.98 Å². The number of sulfonamides is 1. The molecule has 1 fully saturated rings. The van der Waals surface area contributed by atoms with Crippen LogP contribution in [0.2, 0.25) is 0 Å². The van der Waals surface area contributed by atoms with E-state index in [0.717, 1.165) is 29.3 Å². The van der Waals surface area contributed by atoms with Crippen molar-refractivity contribution in [2.24, 2.45) is 0 Å². The van der Waals surface area contributed by atoms with Crippen molar-refractivity contribution in [1.29, 1.82) is 0 Å². The second-order valence-corrected chi connectivity index (χ2v) is 9.35. The van der Waals surface area contributed by atoms with Gasteiger partial charge in [-0.15, -0.1) is 0 Å². The first-order chi connectivity index (χ1) is 13.9. The van der Waals surface area contributed by atoms with Gasteiger partial charge in [0.2, 0.25) is 10.0 Å². The first kappa shape index (κ1) is 19.8. The summed E-state index contributed by atoms with van der Waals surface area (Å²) in [6.45, 7) is 2.79. The topological polar surface area (TPSA) is 79.5 Å². The molecule has 4 rings (SSSR count). The smallest absolute Gasteiger partial charge is 0.252 e. The Labute approximate surface area is 170 Å². The van der Waals surface area contributed by atoms with Crippen molar-refractivity contribution in [2.45, 2.75) is 37.3 Å². The Kier molecular flexibility index (Phi) is 5.54. The van der Waals surface area contributed by atoms with Crippen LogP contribution in [0, 0.1) is 6.92 Å². The van der Waals surface area contributed by atoms with Crippen LogP contribution in [-0.2, 0) is 21.3 Å². The molecular formula is C22H24N2O4S. The van der Waals surface area contributed by atoms with Gasteiger partial charge in [0, 0.05) is 25.3 Å². The number of ether oxygens (including phenoxy) is 1. The number of aryl methyl sites for hydroxylation is 1. The lowest BCUT2D eigenvalue weighted by atomic mass is 10.1. The van der Waals surface area contributed by atoms with E-state index in [1.54, 1.807) is 36.4 Å². The summed E-state index contributed by atoms with van der Waals surface area (Å²) in [5, 5.41) is 0.883. The summed E-state index contributed by atoms with van der Waals surface area (Å²) in [4.78, 5) is 15.8. The molecule has 0 radical (unpaired) electrons. The van der Waals surface area contributed by atoms with Crippen molar-refractivity contribution in [3.63, 3.8) is 0 Å². The zero-order valence-corrected chi connectivity index (χ0v) is 17.1. The zero-order valence-electron chi connectivity index (χ0n) is 16.3. The van der Waals surface area contributed by atoms with Crippen molar-refractivity contribution >= 4 is 20.9 Å². The van der Waals surface area contributed by atoms with Gasteiger partial charge in [0.25, 0.3) is 5.56 Å². The standard InChI is InChI=1S/C22H24N2O4S/c1-16-7-5-8-17-13-18(22(25)23-21(16)17)14-24(15-19-9-6-12-28-19)29(26,27)20-10-3-2-4-11-20/h2-5,7-8,10-11,13,19H,6,9,12,14-15H2,1H3,(H,23,25)/t19-/m1/s1. The Balaban J connectivity index is 1.73. The van der Waals surface area contributed by atoms with E-state index in [4.69, 9.17) is 4.74 Å². The highest BCUT2D eigenvalue weighted by Gasteiger charge is 2.29. The van der Waals surface area contributed by atoms with Gasteiger partial charge < -0.3 is 9.72 Å². The van der Waals surface area contributed by atoms with Gasteiger partial charge in [0.15, 0.2) is 0 Å². The molecule has 0 aliphatic carbocycles. The van der Waals surface area contributed by atoms with Gasteiger partial charge >= 0.3 is 0 Å². The second kappa shape index (κ2) is 8.10. The Bertz CT molecular complexity index is 1170. The molecule has 0 unspecified atom stereocenters. The van der Waals surface area contributed by atoms with Crippen molar-refractivity contribution in [3.05, 3.63) is 76.1 Å². The van der Waals surface area contributed by atoms with Crippen LogP contribution in [0.25, 0.3) is 10.9 Å². The molecule has 1 saturated heterocycles. The fraction of sp³-hybridized carbons (Fsp3) is 0.318. The van der Waals surface area contributed by atoms with Gasteiger partial charge in [0.05, 0.1) is 16.5 Å². The second-order valence-electron chi connectivity index (χ2n) is 7.41. The van der Waals surface area contributed by atoms with Gasteiger partial charge in [-0.25, -0.2) is 8.42 Å². The maximum atomic E-state index is 13.3. The first-order valence-corrected chi connectivity index (χ1v) is 11.2. The fourth-order valence-corrected chi connectivity index (χ4v) is 5.21. The molecule has 1 atom stereocenters. The number of fused-ring (bicyclic) bond motifs is 1. The SMILES string of the molecule is Cc1cccc2cc(CN(C[C@H]3CCCO3)S(=O)(=O)c3ccccc3)c(=O)[nH]c12. The highest BCUT2D eigenvalue weighted by molar-refractivity contribution is 7.89. The number of rotatable bonds is 6. The van der Waals surface area contributed by atoms with E-state index >= 15 is 0 Å². The first-order valence-electron chi connectivity index (χ1n) is 9.73. The largest absolute Gasteiger partial charge is 0.377 e. The van der Waals surface area contributed by atoms with Crippen LogP contribution in [0.4, 0.5) is 0 Å². The van der Waals surface area contributed by atoms with Crippen LogP contribution in [0.15, 0.2) is 64.3 Å². The van der Waals surface area contributed by atoms with Crippen LogP contribution in [0.3, 0.4) is 0 Å². The molecule has 6 nitrogen and oxygen atoms in total. The average molecular weight is 413 g/mol. The van der Waals surface area contributed by atoms with Crippen LogP contribution < -0.4 is 5.56 Å². The van der Waals surface area contributed by atoms with Gasteiger partial charge in [-0.2, -0.15) is 4.31 Å². The van der Waals surface area contributed by atoms with Crippen molar-refractivity contribution in [3.8, 4) is 0 Å². The van der Waals surface area contributed by atoms with Crippen LogP contribution in [0.1, 0.15) is 24.0 Å². The number of benzene rings is 2. The van der Waals surface area contributed by atoms with E-state index in [-0.39, 0.29) is 29.6 Å². The summed E-state index contributed by atoms with van der Waals surface area (Å²) in [5.74, 6) is 0. The lowest BCUT2D eigenvalue weighted by Gasteiger charge is -2.25. The monoisotopic (exact) mass is 412 g/mol. The van der Waals surface area contributed by atoms with Crippen LogP contribution >= 0.6 is 0 Å². The molecule has 0 amide bonds. The van der Waals surface area contributed by atoms with Crippen LogP contribution in [-0.4, -0.2) is 37.0 Å². The quantitative estimate of drug-likeness (QED) is 0.674. The molecule has 29 heavy (non-hydrogen) atoms. The lowest BCUT2D eigenvalue weighted by molar-refractivity contribution is 0.0925. The predicted octanol–water partition coefficient (Wildman–Crippen LogP) is 3.21. The molecule has 0 spiro atoms. The molecule has 0 saturated carbocycles. The number of nitrogens with one attached hydrogen (secondary N) is 1. The summed E-state index contributed by atoms with van der Waals surface area (Å²) < 4.78 is 33.7. The summed E-state index contributed by atoms with van der Waals surface area (Å²) in [6.07, 6.45) is 1.57. The van der Waals surface area contributed by atoms with E-state index in [1.807, 2.05) is 25.1 Å². The van der Waals surface area contributed by atoms with Gasteiger partial charge in [-0.05, 0) is 48.9 Å². The number of pyridine rings is 1. The van der Waals surface area contributed by atoms with Gasteiger partial charge in [-0.1, -0.05) is 36.4 Å². The molecule has 0 bridgehead atoms. The number of hydrogen-bond acceptors (Lipinski definition) is 4. The molecule has 1 aromatic heterocycles. The highest BCUT2D eigenvalue weighted by Crippen LogP contribution is 2.23. The number of para-hydroxylation sites is 1. The number of aromatic nitrogens is 1. The number of aromatic amines is 1. The summed E-state index contributed by atoms with van der Waals surface area (Å²) in [7, 11) is -3.76. The van der Waals surface area contributed by atoms with Crippen LogP contribution in [0.5, 0.6) is 0 Å². The lowest BCUT2D eigenvalue weighted by Crippen LogP contribution is -2.38. The third kappa shape index (κ3) is 4.12. The Morgan fingerprint density at radius 3 is 2.66 bits per heavy atom. The third-order valence-electron chi connectivity index (χ3n) is 5.32. The Morgan fingerprint density at radius 1 is 1.14 bits per heavy atom. The van der Waals surface area contributed by atoms with E-state index in [9.17, 15) is 13.2 Å². The minimum atomic E-state index is -3.76. The molecule has 152 valence electrons. The van der Waals surface area contributed by atoms with E-state index < -0.39 is 10.0 Å². The summed E-state index contributed by atoms with van der Waals surface area (Å²) in [5.41, 5.74) is 1.89. The third-order valence-corrected chi connectivity index (χ3v) is 7.15. The maximum absolute atomic E-state index is 13.3. The predicted molar refractivity (Wildman–Crippen MR) is 112 cm³/mol. The van der Waals surface area contributed by atoms with Gasteiger partial charge in [-0.3, -0.25) is 4.79 Å². The van der Waals surface area contributed by atoms with Crippen molar-refractivity contribution in [2.75, 3.05) is 13.2 Å². The highest BCUT2D eigenvalue weighted by atomic mass is 32.2. The fourth-order valence-electron chi connectivity index (χ4n) is 3.74. The molecule has 1 aliphatic rings. The average Bonchev–Trinajstić information content (AvgIpc) is 3.23.